The first-order chi connectivity index (χ1) is 14.8. The minimum atomic E-state index is -3.66. The number of benzene rings is 1. The summed E-state index contributed by atoms with van der Waals surface area (Å²) in [4.78, 5) is 27.5. The highest BCUT2D eigenvalue weighted by Gasteiger charge is 2.31. The molecule has 1 amide bonds. The minimum Gasteiger partial charge on any atom is -0.449 e. The van der Waals surface area contributed by atoms with Crippen molar-refractivity contribution in [3.05, 3.63) is 29.8 Å². The molecule has 0 saturated carbocycles. The van der Waals surface area contributed by atoms with Crippen molar-refractivity contribution in [3.8, 4) is 0 Å². The summed E-state index contributed by atoms with van der Waals surface area (Å²) < 4.78 is 33.0. The van der Waals surface area contributed by atoms with E-state index in [1.807, 2.05) is 4.90 Å². The highest BCUT2D eigenvalue weighted by molar-refractivity contribution is 7.89. The molecule has 2 heterocycles. The van der Waals surface area contributed by atoms with E-state index in [0.717, 1.165) is 51.4 Å². The maximum atomic E-state index is 13.0. The number of carbonyl (C=O) groups is 2. The summed E-state index contributed by atoms with van der Waals surface area (Å²) in [6.07, 6.45) is 6.74. The van der Waals surface area contributed by atoms with Gasteiger partial charge in [-0.1, -0.05) is 25.8 Å². The number of hydrogen-bond acceptors (Lipinski definition) is 5. The molecule has 1 aromatic carbocycles. The molecule has 2 saturated heterocycles. The van der Waals surface area contributed by atoms with Gasteiger partial charge >= 0.3 is 5.97 Å². The second-order valence-corrected chi connectivity index (χ2v) is 10.4. The lowest BCUT2D eigenvalue weighted by Gasteiger charge is -2.36. The van der Waals surface area contributed by atoms with E-state index >= 15 is 0 Å². The molecule has 2 unspecified atom stereocenters. The van der Waals surface area contributed by atoms with Gasteiger partial charge in [-0.25, -0.2) is 13.2 Å². The van der Waals surface area contributed by atoms with Crippen molar-refractivity contribution in [2.75, 3.05) is 19.6 Å². The largest absolute Gasteiger partial charge is 0.449 e. The van der Waals surface area contributed by atoms with E-state index in [9.17, 15) is 18.0 Å². The first-order valence-corrected chi connectivity index (χ1v) is 12.9. The average molecular weight is 451 g/mol. The van der Waals surface area contributed by atoms with E-state index in [2.05, 4.69) is 6.92 Å². The van der Waals surface area contributed by atoms with Crippen LogP contribution >= 0.6 is 0 Å². The molecule has 0 N–H and O–H groups in total. The van der Waals surface area contributed by atoms with Crippen molar-refractivity contribution in [2.45, 2.75) is 82.3 Å². The Morgan fingerprint density at radius 1 is 1.06 bits per heavy atom. The lowest BCUT2D eigenvalue weighted by Crippen LogP contribution is -2.48. The molecular weight excluding hydrogens is 416 g/mol. The Balaban J connectivity index is 1.70. The Kier molecular flexibility index (Phi) is 8.11. The Labute approximate surface area is 185 Å². The summed E-state index contributed by atoms with van der Waals surface area (Å²) in [5, 5.41) is 0. The maximum Gasteiger partial charge on any atom is 0.338 e. The highest BCUT2D eigenvalue weighted by atomic mass is 32.2. The number of piperidine rings is 1. The number of ether oxygens (including phenoxy) is 1. The van der Waals surface area contributed by atoms with E-state index in [1.165, 1.54) is 22.5 Å². The topological polar surface area (TPSA) is 84.0 Å². The van der Waals surface area contributed by atoms with Crippen molar-refractivity contribution in [2.24, 2.45) is 0 Å². The fourth-order valence-corrected chi connectivity index (χ4v) is 6.01. The molecule has 0 spiro atoms. The van der Waals surface area contributed by atoms with Crippen LogP contribution in [0.5, 0.6) is 0 Å². The summed E-state index contributed by atoms with van der Waals surface area (Å²) in [5.41, 5.74) is 0.140. The van der Waals surface area contributed by atoms with Gasteiger partial charge in [0.2, 0.25) is 10.0 Å². The molecule has 0 aromatic heterocycles. The van der Waals surface area contributed by atoms with Crippen molar-refractivity contribution in [1.82, 2.24) is 9.21 Å². The molecule has 172 valence electrons. The second-order valence-electron chi connectivity index (χ2n) is 8.48. The van der Waals surface area contributed by atoms with Crippen molar-refractivity contribution < 1.29 is 22.7 Å². The van der Waals surface area contributed by atoms with Gasteiger partial charge in [0.25, 0.3) is 5.91 Å². The van der Waals surface area contributed by atoms with E-state index in [1.54, 1.807) is 13.0 Å². The predicted octanol–water partition coefficient (Wildman–Crippen LogP) is 3.59. The van der Waals surface area contributed by atoms with Gasteiger partial charge in [-0.15, -0.1) is 0 Å². The van der Waals surface area contributed by atoms with Gasteiger partial charge in [-0.05, 0) is 63.6 Å². The van der Waals surface area contributed by atoms with Crippen LogP contribution in [0.2, 0.25) is 0 Å². The molecule has 2 atom stereocenters. The molecule has 7 nitrogen and oxygen atoms in total. The number of esters is 1. The molecule has 2 aliphatic heterocycles. The van der Waals surface area contributed by atoms with Crippen LogP contribution in [0, 0.1) is 0 Å². The number of rotatable bonds is 6. The van der Waals surface area contributed by atoms with Crippen LogP contribution in [0.15, 0.2) is 29.2 Å². The van der Waals surface area contributed by atoms with Crippen LogP contribution in [0.4, 0.5) is 0 Å². The third-order valence-electron chi connectivity index (χ3n) is 6.29. The molecule has 0 aliphatic carbocycles. The molecule has 2 aliphatic rings. The third-order valence-corrected chi connectivity index (χ3v) is 8.18. The van der Waals surface area contributed by atoms with Crippen molar-refractivity contribution in [1.29, 1.82) is 0 Å². The van der Waals surface area contributed by atoms with Crippen LogP contribution < -0.4 is 0 Å². The van der Waals surface area contributed by atoms with E-state index in [-0.39, 0.29) is 22.4 Å². The van der Waals surface area contributed by atoms with Crippen LogP contribution in [0.1, 0.15) is 75.6 Å². The Morgan fingerprint density at radius 3 is 2.42 bits per heavy atom. The molecule has 31 heavy (non-hydrogen) atoms. The van der Waals surface area contributed by atoms with Crippen molar-refractivity contribution in [3.63, 3.8) is 0 Å². The van der Waals surface area contributed by atoms with Gasteiger partial charge in [0.05, 0.1) is 10.5 Å². The smallest absolute Gasteiger partial charge is 0.338 e. The molecule has 0 bridgehead atoms. The number of sulfonamides is 1. The standard InChI is InChI=1S/C23H34N2O5S/c1-3-20-12-6-9-16-25(20)22(26)18(2)30-23(27)19-11-10-13-21(17-19)31(28,29)24-14-7-4-5-8-15-24/h10-11,13,17-18,20H,3-9,12,14-16H2,1-2H3. The third kappa shape index (κ3) is 5.66. The van der Waals surface area contributed by atoms with Gasteiger partial charge in [0.15, 0.2) is 6.10 Å². The quantitative estimate of drug-likeness (QED) is 0.619. The average Bonchev–Trinajstić information content (AvgIpc) is 3.08. The van der Waals surface area contributed by atoms with Crippen LogP contribution in [0.25, 0.3) is 0 Å². The van der Waals surface area contributed by atoms with Gasteiger partial charge in [-0.3, -0.25) is 4.79 Å². The lowest BCUT2D eigenvalue weighted by atomic mass is 9.99. The van der Waals surface area contributed by atoms with Gasteiger partial charge < -0.3 is 9.64 Å². The first-order valence-electron chi connectivity index (χ1n) is 11.5. The zero-order valence-electron chi connectivity index (χ0n) is 18.6. The Hall–Kier alpha value is -1.93. The molecule has 8 heteroatoms. The SMILES string of the molecule is CCC1CCCCN1C(=O)C(C)OC(=O)c1cccc(S(=O)(=O)N2CCCCCC2)c1. The zero-order chi connectivity index (χ0) is 22.4. The maximum absolute atomic E-state index is 13.0. The Bertz CT molecular complexity index is 878. The number of nitrogens with zero attached hydrogens (tertiary/aromatic N) is 2. The predicted molar refractivity (Wildman–Crippen MR) is 118 cm³/mol. The van der Waals surface area contributed by atoms with Gasteiger partial charge in [0.1, 0.15) is 0 Å². The van der Waals surface area contributed by atoms with Crippen molar-refractivity contribution >= 4 is 21.9 Å². The summed E-state index contributed by atoms with van der Waals surface area (Å²) >= 11 is 0. The summed E-state index contributed by atoms with van der Waals surface area (Å²) in [6, 6.07) is 6.12. The summed E-state index contributed by atoms with van der Waals surface area (Å²) in [7, 11) is -3.66. The van der Waals surface area contributed by atoms with Gasteiger partial charge in [0, 0.05) is 25.7 Å². The lowest BCUT2D eigenvalue weighted by molar-refractivity contribution is -0.143. The molecule has 2 fully saturated rings. The fraction of sp³-hybridized carbons (Fsp3) is 0.652. The van der Waals surface area contributed by atoms with Gasteiger partial charge in [-0.2, -0.15) is 4.31 Å². The number of likely N-dealkylation sites (tertiary alicyclic amines) is 1. The summed E-state index contributed by atoms with van der Waals surface area (Å²) in [6.45, 7) is 5.32. The van der Waals surface area contributed by atoms with E-state index in [4.69, 9.17) is 4.74 Å². The minimum absolute atomic E-state index is 0.0879. The Morgan fingerprint density at radius 2 is 1.74 bits per heavy atom. The monoisotopic (exact) mass is 450 g/mol. The fourth-order valence-electron chi connectivity index (χ4n) is 4.44. The van der Waals surface area contributed by atoms with E-state index < -0.39 is 22.1 Å². The zero-order valence-corrected chi connectivity index (χ0v) is 19.4. The molecule has 3 rings (SSSR count). The van der Waals surface area contributed by atoms with Crippen LogP contribution in [-0.2, 0) is 19.6 Å². The highest BCUT2D eigenvalue weighted by Crippen LogP contribution is 2.23. The molecule has 1 aromatic rings. The van der Waals surface area contributed by atoms with Crippen LogP contribution in [0.3, 0.4) is 0 Å². The number of carbonyl (C=O) groups excluding carboxylic acids is 2. The number of amides is 1. The normalized spacial score (nSPS) is 21.9. The van der Waals surface area contributed by atoms with Crippen LogP contribution in [-0.4, -0.2) is 61.3 Å². The first kappa shape index (κ1) is 23.7. The summed E-state index contributed by atoms with van der Waals surface area (Å²) in [5.74, 6) is -0.868. The second kappa shape index (κ2) is 10.6. The molecule has 0 radical (unpaired) electrons. The molecular formula is C23H34N2O5S. The number of hydrogen-bond donors (Lipinski definition) is 0. The van der Waals surface area contributed by atoms with E-state index in [0.29, 0.717) is 19.6 Å².